The van der Waals surface area contributed by atoms with Gasteiger partial charge in [0.2, 0.25) is 5.91 Å². The second kappa shape index (κ2) is 10.0. The van der Waals surface area contributed by atoms with Crippen molar-refractivity contribution in [2.24, 2.45) is 5.92 Å². The van der Waals surface area contributed by atoms with Gasteiger partial charge in [0, 0.05) is 30.4 Å². The van der Waals surface area contributed by atoms with Crippen LogP contribution in [-0.4, -0.2) is 44.6 Å². The number of aromatic nitrogens is 4. The first kappa shape index (κ1) is 22.7. The van der Waals surface area contributed by atoms with E-state index in [1.165, 1.54) is 11.8 Å². The van der Waals surface area contributed by atoms with E-state index in [0.29, 0.717) is 19.3 Å². The van der Waals surface area contributed by atoms with Crippen LogP contribution in [0.2, 0.25) is 0 Å². The van der Waals surface area contributed by atoms with Gasteiger partial charge < -0.3 is 14.8 Å². The third-order valence-electron chi connectivity index (χ3n) is 5.96. The topological polar surface area (TPSA) is 91.2 Å². The normalized spacial score (nSPS) is 16.2. The van der Waals surface area contributed by atoms with Crippen molar-refractivity contribution in [2.75, 3.05) is 19.0 Å². The van der Waals surface area contributed by atoms with Crippen molar-refractivity contribution >= 4 is 17.7 Å². The minimum absolute atomic E-state index is 0.0355. The molecule has 0 spiro atoms. The van der Waals surface area contributed by atoms with Crippen molar-refractivity contribution in [3.8, 4) is 22.9 Å². The fourth-order valence-corrected chi connectivity index (χ4v) is 4.91. The number of ether oxygens (including phenoxy) is 2. The van der Waals surface area contributed by atoms with Gasteiger partial charge in [0.15, 0.2) is 22.5 Å². The number of pyridine rings is 1. The number of hydrogen-bond acceptors (Lipinski definition) is 7. The van der Waals surface area contributed by atoms with Gasteiger partial charge in [0.25, 0.3) is 0 Å². The van der Waals surface area contributed by atoms with Crippen LogP contribution in [-0.2, 0) is 4.79 Å². The van der Waals surface area contributed by atoms with Crippen LogP contribution >= 0.6 is 11.8 Å². The Hall–Kier alpha value is -3.07. The minimum atomic E-state index is -0.126. The van der Waals surface area contributed by atoms with Gasteiger partial charge in [-0.3, -0.25) is 14.3 Å². The molecule has 2 aliphatic rings. The van der Waals surface area contributed by atoms with E-state index in [1.54, 1.807) is 12.4 Å². The van der Waals surface area contributed by atoms with Crippen molar-refractivity contribution in [2.45, 2.75) is 50.4 Å². The van der Waals surface area contributed by atoms with E-state index in [4.69, 9.17) is 9.47 Å². The molecule has 1 saturated carbocycles. The molecule has 1 N–H and O–H groups in total. The molecule has 1 aliphatic heterocycles. The lowest BCUT2D eigenvalue weighted by molar-refractivity contribution is -0.119. The summed E-state index contributed by atoms with van der Waals surface area (Å²) in [5.74, 6) is 2.79. The number of nitrogens with one attached hydrogen (secondary N) is 1. The molecule has 9 heteroatoms. The van der Waals surface area contributed by atoms with E-state index < -0.39 is 0 Å². The number of benzene rings is 1. The lowest BCUT2D eigenvalue weighted by Gasteiger charge is -2.24. The second-order valence-corrected chi connectivity index (χ2v) is 9.92. The van der Waals surface area contributed by atoms with Crippen LogP contribution < -0.4 is 14.8 Å². The highest BCUT2D eigenvalue weighted by Crippen LogP contribution is 2.41. The number of hydrogen-bond donors (Lipinski definition) is 1. The van der Waals surface area contributed by atoms with Crippen molar-refractivity contribution in [1.82, 2.24) is 25.1 Å². The molecule has 1 fully saturated rings. The predicted molar refractivity (Wildman–Crippen MR) is 130 cm³/mol. The van der Waals surface area contributed by atoms with Gasteiger partial charge in [0.05, 0.1) is 25.0 Å². The van der Waals surface area contributed by atoms with Crippen LogP contribution in [0.25, 0.3) is 11.4 Å². The van der Waals surface area contributed by atoms with Crippen molar-refractivity contribution in [3.05, 3.63) is 48.3 Å². The zero-order valence-corrected chi connectivity index (χ0v) is 20.3. The SMILES string of the molecule is CC(C)C(NC(=O)CSc1nnc(-c2ccncc2)n1C1CC1)c1ccc2c(c1)OCCCO2. The van der Waals surface area contributed by atoms with E-state index in [0.717, 1.165) is 52.9 Å². The molecule has 1 amide bonds. The van der Waals surface area contributed by atoms with Crippen molar-refractivity contribution in [3.63, 3.8) is 0 Å². The zero-order valence-electron chi connectivity index (χ0n) is 19.4. The molecule has 2 aromatic heterocycles. The van der Waals surface area contributed by atoms with Crippen LogP contribution in [0.15, 0.2) is 47.9 Å². The van der Waals surface area contributed by atoms with Gasteiger partial charge in [-0.05, 0) is 48.6 Å². The van der Waals surface area contributed by atoms with E-state index in [2.05, 4.69) is 38.9 Å². The fraction of sp³-hybridized carbons (Fsp3) is 0.440. The molecule has 1 atom stereocenters. The summed E-state index contributed by atoms with van der Waals surface area (Å²) in [4.78, 5) is 17.1. The molecule has 1 unspecified atom stereocenters. The number of rotatable bonds is 8. The van der Waals surface area contributed by atoms with E-state index in [-0.39, 0.29) is 23.6 Å². The summed E-state index contributed by atoms with van der Waals surface area (Å²) in [5.41, 5.74) is 2.00. The number of carbonyl (C=O) groups is 1. The van der Waals surface area contributed by atoms with Crippen molar-refractivity contribution in [1.29, 1.82) is 0 Å². The Morgan fingerprint density at radius 1 is 1.12 bits per heavy atom. The molecule has 34 heavy (non-hydrogen) atoms. The first-order valence-electron chi connectivity index (χ1n) is 11.8. The third kappa shape index (κ3) is 5.04. The standard InChI is InChI=1S/C25H29N5O3S/c1-16(2)23(18-4-7-20-21(14-18)33-13-3-12-32-20)27-22(31)15-34-25-29-28-24(30(25)19-5-6-19)17-8-10-26-11-9-17/h4,7-11,14,16,19,23H,3,5-6,12-13,15H2,1-2H3,(H,27,31). The third-order valence-corrected chi connectivity index (χ3v) is 6.90. The van der Waals surface area contributed by atoms with Crippen LogP contribution in [0.5, 0.6) is 11.5 Å². The summed E-state index contributed by atoms with van der Waals surface area (Å²) < 4.78 is 13.8. The molecule has 5 rings (SSSR count). The summed E-state index contributed by atoms with van der Waals surface area (Å²) in [6.07, 6.45) is 6.59. The lowest BCUT2D eigenvalue weighted by Crippen LogP contribution is -2.33. The number of carbonyl (C=O) groups excluding carboxylic acids is 1. The van der Waals surface area contributed by atoms with Gasteiger partial charge in [-0.15, -0.1) is 10.2 Å². The summed E-state index contributed by atoms with van der Waals surface area (Å²) in [7, 11) is 0. The van der Waals surface area contributed by atoms with E-state index >= 15 is 0 Å². The maximum atomic E-state index is 13.0. The van der Waals surface area contributed by atoms with Crippen LogP contribution in [0.1, 0.15) is 50.8 Å². The first-order valence-corrected chi connectivity index (χ1v) is 12.8. The van der Waals surface area contributed by atoms with Gasteiger partial charge in [-0.25, -0.2) is 0 Å². The molecule has 178 valence electrons. The largest absolute Gasteiger partial charge is 0.490 e. The van der Waals surface area contributed by atoms with Crippen LogP contribution in [0.4, 0.5) is 0 Å². The highest BCUT2D eigenvalue weighted by Gasteiger charge is 2.30. The second-order valence-electron chi connectivity index (χ2n) is 8.98. The molecule has 0 radical (unpaired) electrons. The Balaban J connectivity index is 1.28. The average Bonchev–Trinajstić information content (AvgIpc) is 3.64. The number of thioether (sulfide) groups is 1. The number of fused-ring (bicyclic) bond motifs is 1. The lowest BCUT2D eigenvalue weighted by atomic mass is 9.95. The smallest absolute Gasteiger partial charge is 0.230 e. The summed E-state index contributed by atoms with van der Waals surface area (Å²) in [6, 6.07) is 10.1. The molecule has 0 saturated heterocycles. The number of nitrogens with zero attached hydrogens (tertiary/aromatic N) is 4. The molecule has 1 aliphatic carbocycles. The van der Waals surface area contributed by atoms with Crippen molar-refractivity contribution < 1.29 is 14.3 Å². The summed E-state index contributed by atoms with van der Waals surface area (Å²) in [5, 5.41) is 12.8. The fourth-order valence-electron chi connectivity index (χ4n) is 4.09. The molecular weight excluding hydrogens is 450 g/mol. The van der Waals surface area contributed by atoms with Gasteiger partial charge >= 0.3 is 0 Å². The average molecular weight is 480 g/mol. The molecule has 3 heterocycles. The summed E-state index contributed by atoms with van der Waals surface area (Å²) >= 11 is 1.43. The minimum Gasteiger partial charge on any atom is -0.490 e. The van der Waals surface area contributed by atoms with Gasteiger partial charge in [0.1, 0.15) is 0 Å². The maximum Gasteiger partial charge on any atom is 0.230 e. The Labute approximate surface area is 203 Å². The molecular formula is C25H29N5O3S. The Bertz CT molecular complexity index is 1150. The highest BCUT2D eigenvalue weighted by molar-refractivity contribution is 7.99. The predicted octanol–water partition coefficient (Wildman–Crippen LogP) is 4.44. The molecule has 0 bridgehead atoms. The Morgan fingerprint density at radius 3 is 2.62 bits per heavy atom. The highest BCUT2D eigenvalue weighted by atomic mass is 32.2. The Kier molecular flexibility index (Phi) is 6.71. The monoisotopic (exact) mass is 479 g/mol. The van der Waals surface area contributed by atoms with Crippen LogP contribution in [0.3, 0.4) is 0 Å². The molecule has 8 nitrogen and oxygen atoms in total. The quantitative estimate of drug-likeness (QED) is 0.478. The zero-order chi connectivity index (χ0) is 23.5. The summed E-state index contributed by atoms with van der Waals surface area (Å²) in [6.45, 7) is 5.49. The first-order chi connectivity index (χ1) is 16.6. The maximum absolute atomic E-state index is 13.0. The van der Waals surface area contributed by atoms with Gasteiger partial charge in [-0.1, -0.05) is 31.7 Å². The Morgan fingerprint density at radius 2 is 1.88 bits per heavy atom. The number of amides is 1. The van der Waals surface area contributed by atoms with Gasteiger partial charge in [-0.2, -0.15) is 0 Å². The van der Waals surface area contributed by atoms with E-state index in [9.17, 15) is 4.79 Å². The molecule has 3 aromatic rings. The van der Waals surface area contributed by atoms with Crippen LogP contribution in [0, 0.1) is 5.92 Å². The van der Waals surface area contributed by atoms with E-state index in [1.807, 2.05) is 30.3 Å². The molecule has 1 aromatic carbocycles.